The van der Waals surface area contributed by atoms with Crippen LogP contribution >= 0.6 is 0 Å². The van der Waals surface area contributed by atoms with Gasteiger partial charge in [0.05, 0.1) is 0 Å². The van der Waals surface area contributed by atoms with Crippen LogP contribution in [-0.4, -0.2) is 16.1 Å². The Kier molecular flexibility index (Phi) is 4.71. The van der Waals surface area contributed by atoms with Crippen LogP contribution in [0.25, 0.3) is 0 Å². The molecular formula is C18H21NO3. The normalized spacial score (nSPS) is 12.0. The highest BCUT2D eigenvalue weighted by atomic mass is 16.3. The summed E-state index contributed by atoms with van der Waals surface area (Å²) in [5, 5.41) is 21.7. The van der Waals surface area contributed by atoms with Crippen molar-refractivity contribution in [2.75, 3.05) is 5.32 Å². The number of hydrogen-bond acceptors (Lipinski definition) is 3. The van der Waals surface area contributed by atoms with E-state index in [0.29, 0.717) is 6.42 Å². The summed E-state index contributed by atoms with van der Waals surface area (Å²) in [5.74, 6) is -0.639. The molecule has 0 aliphatic carbocycles. The van der Waals surface area contributed by atoms with E-state index in [9.17, 15) is 15.0 Å². The van der Waals surface area contributed by atoms with Crippen LogP contribution in [0, 0.1) is 19.8 Å². The number of nitrogens with one attached hydrogen (secondary N) is 1. The first-order valence-electron chi connectivity index (χ1n) is 7.26. The molecule has 0 saturated carbocycles. The van der Waals surface area contributed by atoms with Crippen molar-refractivity contribution in [2.24, 2.45) is 5.92 Å². The standard InChI is InChI=1S/C18H21NO3/c1-11-4-6-15(12(2)8-11)19-18(22)13(3)9-14-5-7-16(20)17(21)10-14/h4-8,10,13,20-21H,9H2,1-3H3,(H,19,22). The van der Waals surface area contributed by atoms with Crippen LogP contribution in [0.2, 0.25) is 0 Å². The number of phenols is 2. The molecule has 3 N–H and O–H groups in total. The van der Waals surface area contributed by atoms with Crippen molar-refractivity contribution in [1.82, 2.24) is 0 Å². The Balaban J connectivity index is 2.04. The molecule has 116 valence electrons. The topological polar surface area (TPSA) is 69.6 Å². The van der Waals surface area contributed by atoms with E-state index >= 15 is 0 Å². The smallest absolute Gasteiger partial charge is 0.227 e. The summed E-state index contributed by atoms with van der Waals surface area (Å²) < 4.78 is 0. The second-order valence-corrected chi connectivity index (χ2v) is 5.74. The number of aromatic hydroxyl groups is 2. The molecule has 0 heterocycles. The van der Waals surface area contributed by atoms with Gasteiger partial charge in [0.1, 0.15) is 0 Å². The molecule has 0 aliphatic rings. The summed E-state index contributed by atoms with van der Waals surface area (Å²) in [6.07, 6.45) is 0.491. The molecule has 0 bridgehead atoms. The zero-order valence-corrected chi connectivity index (χ0v) is 13.1. The lowest BCUT2D eigenvalue weighted by Gasteiger charge is -2.14. The maximum atomic E-state index is 12.3. The largest absolute Gasteiger partial charge is 0.504 e. The molecule has 0 aromatic heterocycles. The predicted molar refractivity (Wildman–Crippen MR) is 87.2 cm³/mol. The maximum absolute atomic E-state index is 12.3. The number of carbonyl (C=O) groups excluding carboxylic acids is 1. The molecule has 4 nitrogen and oxygen atoms in total. The highest BCUT2D eigenvalue weighted by molar-refractivity contribution is 5.93. The van der Waals surface area contributed by atoms with Gasteiger partial charge in [-0.3, -0.25) is 4.79 Å². The molecule has 0 fully saturated rings. The van der Waals surface area contributed by atoms with Crippen molar-refractivity contribution in [2.45, 2.75) is 27.2 Å². The number of phenolic OH excluding ortho intramolecular Hbond substituents is 2. The lowest BCUT2D eigenvalue weighted by atomic mass is 9.99. The minimum atomic E-state index is -0.246. The van der Waals surface area contributed by atoms with Crippen LogP contribution in [0.3, 0.4) is 0 Å². The number of rotatable bonds is 4. The number of carbonyl (C=O) groups is 1. The van der Waals surface area contributed by atoms with Gasteiger partial charge < -0.3 is 15.5 Å². The lowest BCUT2D eigenvalue weighted by molar-refractivity contribution is -0.119. The number of benzene rings is 2. The van der Waals surface area contributed by atoms with E-state index in [4.69, 9.17) is 0 Å². The van der Waals surface area contributed by atoms with Crippen LogP contribution in [0.4, 0.5) is 5.69 Å². The van der Waals surface area contributed by atoms with Crippen LogP contribution in [0.1, 0.15) is 23.6 Å². The average molecular weight is 299 g/mol. The molecule has 2 rings (SSSR count). The summed E-state index contributed by atoms with van der Waals surface area (Å²) in [6.45, 7) is 5.81. The van der Waals surface area contributed by atoms with Crippen molar-refractivity contribution in [3.63, 3.8) is 0 Å². The van der Waals surface area contributed by atoms with Gasteiger partial charge in [-0.1, -0.05) is 30.7 Å². The highest BCUT2D eigenvalue weighted by Gasteiger charge is 2.15. The van der Waals surface area contributed by atoms with Crippen LogP contribution in [0.15, 0.2) is 36.4 Å². The number of anilines is 1. The molecular weight excluding hydrogens is 278 g/mol. The third-order valence-electron chi connectivity index (χ3n) is 3.67. The van der Waals surface area contributed by atoms with Crippen LogP contribution in [-0.2, 0) is 11.2 Å². The van der Waals surface area contributed by atoms with E-state index in [2.05, 4.69) is 5.32 Å². The number of aryl methyl sites for hydroxylation is 2. The van der Waals surface area contributed by atoms with Gasteiger partial charge in [0, 0.05) is 11.6 Å². The fraction of sp³-hybridized carbons (Fsp3) is 0.278. The molecule has 1 atom stereocenters. The fourth-order valence-electron chi connectivity index (χ4n) is 2.35. The fourth-order valence-corrected chi connectivity index (χ4v) is 2.35. The zero-order valence-electron chi connectivity index (χ0n) is 13.1. The first-order valence-corrected chi connectivity index (χ1v) is 7.26. The van der Waals surface area contributed by atoms with Crippen LogP contribution in [0.5, 0.6) is 11.5 Å². The molecule has 0 spiro atoms. The maximum Gasteiger partial charge on any atom is 0.227 e. The highest BCUT2D eigenvalue weighted by Crippen LogP contribution is 2.26. The number of hydrogen-bond donors (Lipinski definition) is 3. The molecule has 2 aromatic rings. The van der Waals surface area contributed by atoms with Gasteiger partial charge in [0.2, 0.25) is 5.91 Å². The summed E-state index contributed by atoms with van der Waals surface area (Å²) in [6, 6.07) is 10.5. The monoisotopic (exact) mass is 299 g/mol. The average Bonchev–Trinajstić information content (AvgIpc) is 2.45. The molecule has 0 aliphatic heterocycles. The van der Waals surface area contributed by atoms with Crippen molar-refractivity contribution in [1.29, 1.82) is 0 Å². The summed E-state index contributed by atoms with van der Waals surface area (Å²) in [4.78, 5) is 12.3. The molecule has 1 unspecified atom stereocenters. The Bertz CT molecular complexity index is 695. The molecule has 2 aromatic carbocycles. The predicted octanol–water partition coefficient (Wildman–Crippen LogP) is 3.53. The third kappa shape index (κ3) is 3.79. The molecule has 22 heavy (non-hydrogen) atoms. The van der Waals surface area contributed by atoms with Crippen molar-refractivity contribution < 1.29 is 15.0 Å². The van der Waals surface area contributed by atoms with Crippen molar-refractivity contribution in [3.05, 3.63) is 53.1 Å². The second kappa shape index (κ2) is 6.52. The van der Waals surface area contributed by atoms with E-state index < -0.39 is 0 Å². The van der Waals surface area contributed by atoms with Crippen molar-refractivity contribution >= 4 is 11.6 Å². The van der Waals surface area contributed by atoms with Gasteiger partial charge in [-0.15, -0.1) is 0 Å². The van der Waals surface area contributed by atoms with E-state index in [1.165, 1.54) is 12.1 Å². The Hall–Kier alpha value is -2.49. The first kappa shape index (κ1) is 15.9. The Labute approximate surface area is 130 Å². The van der Waals surface area contributed by atoms with E-state index in [1.807, 2.05) is 39.0 Å². The minimum absolute atomic E-state index is 0.0699. The quantitative estimate of drug-likeness (QED) is 0.756. The molecule has 0 saturated heterocycles. The van der Waals surface area contributed by atoms with E-state index in [-0.39, 0.29) is 23.3 Å². The third-order valence-corrected chi connectivity index (χ3v) is 3.67. The lowest BCUT2D eigenvalue weighted by Crippen LogP contribution is -2.22. The van der Waals surface area contributed by atoms with E-state index in [0.717, 1.165) is 22.4 Å². The first-order chi connectivity index (χ1) is 10.4. The van der Waals surface area contributed by atoms with Crippen LogP contribution < -0.4 is 5.32 Å². The molecule has 1 amide bonds. The summed E-state index contributed by atoms with van der Waals surface area (Å²) in [5.41, 5.74) is 3.81. The van der Waals surface area contributed by atoms with Gasteiger partial charge >= 0.3 is 0 Å². The minimum Gasteiger partial charge on any atom is -0.504 e. The summed E-state index contributed by atoms with van der Waals surface area (Å²) >= 11 is 0. The Morgan fingerprint density at radius 3 is 2.45 bits per heavy atom. The zero-order chi connectivity index (χ0) is 16.3. The summed E-state index contributed by atoms with van der Waals surface area (Å²) in [7, 11) is 0. The molecule has 0 radical (unpaired) electrons. The molecule has 4 heteroatoms. The number of amides is 1. The van der Waals surface area contributed by atoms with Gasteiger partial charge in [-0.25, -0.2) is 0 Å². The van der Waals surface area contributed by atoms with Gasteiger partial charge in [0.15, 0.2) is 11.5 Å². The Morgan fingerprint density at radius 2 is 1.82 bits per heavy atom. The Morgan fingerprint density at radius 1 is 1.09 bits per heavy atom. The second-order valence-electron chi connectivity index (χ2n) is 5.74. The van der Waals surface area contributed by atoms with Crippen molar-refractivity contribution in [3.8, 4) is 11.5 Å². The SMILES string of the molecule is Cc1ccc(NC(=O)C(C)Cc2ccc(O)c(O)c2)c(C)c1. The van der Waals surface area contributed by atoms with Gasteiger partial charge in [-0.05, 0) is 49.6 Å². The van der Waals surface area contributed by atoms with E-state index in [1.54, 1.807) is 6.07 Å². The van der Waals surface area contributed by atoms with Gasteiger partial charge in [-0.2, -0.15) is 0 Å². The van der Waals surface area contributed by atoms with Gasteiger partial charge in [0.25, 0.3) is 0 Å².